The largest absolute Gasteiger partial charge is 0.497 e. The van der Waals surface area contributed by atoms with Gasteiger partial charge in [-0.15, -0.1) is 0 Å². The van der Waals surface area contributed by atoms with Crippen LogP contribution in [0.1, 0.15) is 23.3 Å². The Morgan fingerprint density at radius 3 is 2.03 bits per heavy atom. The quantitative estimate of drug-likeness (QED) is 0.395. The van der Waals surface area contributed by atoms with Crippen LogP contribution in [-0.2, 0) is 9.47 Å². The summed E-state index contributed by atoms with van der Waals surface area (Å²) < 4.78 is 22.0. The van der Waals surface area contributed by atoms with E-state index in [4.69, 9.17) is 18.9 Å². The Hall–Kier alpha value is -2.24. The van der Waals surface area contributed by atoms with Gasteiger partial charge in [-0.3, -0.25) is 0 Å². The van der Waals surface area contributed by atoms with Crippen molar-refractivity contribution in [2.75, 3.05) is 20.8 Å². The number of hydrogen-bond acceptors (Lipinski definition) is 9. The third-order valence-corrected chi connectivity index (χ3v) is 5.26. The molecule has 1 aliphatic rings. The van der Waals surface area contributed by atoms with Gasteiger partial charge in [0, 0.05) is 6.07 Å². The first-order valence-corrected chi connectivity index (χ1v) is 9.81. The molecule has 31 heavy (non-hydrogen) atoms. The van der Waals surface area contributed by atoms with E-state index in [-0.39, 0.29) is 0 Å². The van der Waals surface area contributed by atoms with Gasteiger partial charge < -0.3 is 44.5 Å². The van der Waals surface area contributed by atoms with Crippen molar-refractivity contribution in [3.63, 3.8) is 0 Å². The summed E-state index contributed by atoms with van der Waals surface area (Å²) in [6.45, 7) is -0.594. The van der Waals surface area contributed by atoms with E-state index in [1.54, 1.807) is 48.5 Å². The molecule has 1 heterocycles. The molecule has 2 aromatic carbocycles. The number of aliphatic hydroxyl groups is 5. The molecule has 0 radical (unpaired) electrons. The number of hydrogen-bond donors (Lipinski definition) is 5. The fourth-order valence-electron chi connectivity index (χ4n) is 3.48. The molecular weight excluding hydrogens is 408 g/mol. The Kier molecular flexibility index (Phi) is 7.84. The number of benzene rings is 2. The van der Waals surface area contributed by atoms with Gasteiger partial charge >= 0.3 is 0 Å². The van der Waals surface area contributed by atoms with Gasteiger partial charge in [-0.05, 0) is 23.3 Å². The van der Waals surface area contributed by atoms with Crippen molar-refractivity contribution in [3.05, 3.63) is 59.7 Å². The number of methoxy groups -OCH3 is 2. The molecule has 9 nitrogen and oxygen atoms in total. The molecule has 1 fully saturated rings. The van der Waals surface area contributed by atoms with Crippen LogP contribution in [0.4, 0.5) is 0 Å². The predicted molar refractivity (Wildman–Crippen MR) is 109 cm³/mol. The summed E-state index contributed by atoms with van der Waals surface area (Å²) in [5, 5.41) is 51.1. The maximum absolute atomic E-state index is 11.1. The lowest BCUT2D eigenvalue weighted by Gasteiger charge is -2.41. The maximum Gasteiger partial charge on any atom is 0.187 e. The molecule has 0 unspecified atom stereocenters. The molecule has 0 aromatic heterocycles. The second kappa shape index (κ2) is 10.4. The predicted octanol–water partition coefficient (Wildman–Crippen LogP) is 0.295. The first kappa shape index (κ1) is 23.4. The minimum atomic E-state index is -1.62. The van der Waals surface area contributed by atoms with Crippen molar-refractivity contribution in [2.45, 2.75) is 42.9 Å². The van der Waals surface area contributed by atoms with Gasteiger partial charge in [-0.1, -0.05) is 30.3 Å². The Labute approximate surface area is 180 Å². The lowest BCUT2D eigenvalue weighted by atomic mass is 9.96. The van der Waals surface area contributed by atoms with Crippen LogP contribution in [0.25, 0.3) is 0 Å². The zero-order valence-corrected chi connectivity index (χ0v) is 17.2. The zero-order valence-electron chi connectivity index (χ0n) is 17.2. The summed E-state index contributed by atoms with van der Waals surface area (Å²) >= 11 is 0. The van der Waals surface area contributed by atoms with E-state index < -0.39 is 49.5 Å². The molecule has 0 aliphatic carbocycles. The second-order valence-electron chi connectivity index (χ2n) is 7.26. The van der Waals surface area contributed by atoms with Gasteiger partial charge in [0.05, 0.1) is 20.8 Å². The summed E-state index contributed by atoms with van der Waals surface area (Å²) in [4.78, 5) is 0. The van der Waals surface area contributed by atoms with Crippen LogP contribution >= 0.6 is 0 Å². The average molecular weight is 436 g/mol. The highest BCUT2D eigenvalue weighted by Crippen LogP contribution is 2.38. The summed E-state index contributed by atoms with van der Waals surface area (Å²) in [5.41, 5.74) is 1.00. The van der Waals surface area contributed by atoms with Crippen molar-refractivity contribution >= 4 is 0 Å². The normalized spacial score (nSPS) is 28.0. The molecule has 5 N–H and O–H groups in total. The molecule has 0 spiro atoms. The van der Waals surface area contributed by atoms with E-state index in [1.165, 1.54) is 14.2 Å². The van der Waals surface area contributed by atoms with Gasteiger partial charge in [0.25, 0.3) is 0 Å². The third kappa shape index (κ3) is 5.16. The molecule has 0 amide bonds. The molecule has 1 aliphatic heterocycles. The summed E-state index contributed by atoms with van der Waals surface area (Å²) in [5.74, 6) is 0.911. The Morgan fingerprint density at radius 2 is 1.48 bits per heavy atom. The van der Waals surface area contributed by atoms with Crippen LogP contribution in [0.3, 0.4) is 0 Å². The van der Waals surface area contributed by atoms with Crippen LogP contribution in [0.15, 0.2) is 48.5 Å². The topological polar surface area (TPSA) is 138 Å². The Bertz CT molecular complexity index is 807. The van der Waals surface area contributed by atoms with Crippen molar-refractivity contribution in [3.8, 4) is 11.5 Å². The highest BCUT2D eigenvalue weighted by molar-refractivity contribution is 5.40. The second-order valence-corrected chi connectivity index (χ2v) is 7.26. The van der Waals surface area contributed by atoms with E-state index in [9.17, 15) is 25.5 Å². The van der Waals surface area contributed by atoms with Crippen LogP contribution < -0.4 is 9.47 Å². The molecule has 0 saturated carbocycles. The molecule has 0 bridgehead atoms. The highest BCUT2D eigenvalue weighted by Gasteiger charge is 2.45. The van der Waals surface area contributed by atoms with Gasteiger partial charge in [0.15, 0.2) is 6.29 Å². The molecule has 1 saturated heterocycles. The molecule has 170 valence electrons. The first-order chi connectivity index (χ1) is 14.9. The van der Waals surface area contributed by atoms with E-state index >= 15 is 0 Å². The van der Waals surface area contributed by atoms with Crippen molar-refractivity contribution in [1.29, 1.82) is 0 Å². The first-order valence-electron chi connectivity index (χ1n) is 9.81. The highest BCUT2D eigenvalue weighted by atomic mass is 16.7. The summed E-state index contributed by atoms with van der Waals surface area (Å²) in [7, 11) is 2.97. The molecular formula is C22H28O9. The SMILES string of the molecule is COc1cc(OC)cc([C@@H](O[C@@H]2O[C@@H](CO)[C@H](O)[C@@H](O)[C@@H]2O)[C@@H](O)c2ccccc2)c1. The minimum absolute atomic E-state index is 0.456. The van der Waals surface area contributed by atoms with Crippen LogP contribution in [-0.4, -0.2) is 77.1 Å². The zero-order chi connectivity index (χ0) is 22.5. The summed E-state index contributed by atoms with van der Waals surface area (Å²) in [6.07, 6.45) is -9.58. The van der Waals surface area contributed by atoms with E-state index in [0.717, 1.165) is 0 Å². The maximum atomic E-state index is 11.1. The average Bonchev–Trinajstić information content (AvgIpc) is 2.81. The van der Waals surface area contributed by atoms with Crippen molar-refractivity contribution in [2.24, 2.45) is 0 Å². The molecule has 7 atom stereocenters. The van der Waals surface area contributed by atoms with Crippen LogP contribution in [0.5, 0.6) is 11.5 Å². The fourth-order valence-corrected chi connectivity index (χ4v) is 3.48. The molecule has 3 rings (SSSR count). The smallest absolute Gasteiger partial charge is 0.187 e. The molecule has 9 heteroatoms. The summed E-state index contributed by atoms with van der Waals surface area (Å²) in [6, 6.07) is 13.7. The number of aliphatic hydroxyl groups excluding tert-OH is 5. The monoisotopic (exact) mass is 436 g/mol. The number of ether oxygens (including phenoxy) is 4. The van der Waals surface area contributed by atoms with E-state index in [1.807, 2.05) is 0 Å². The van der Waals surface area contributed by atoms with Gasteiger partial charge in [0.2, 0.25) is 0 Å². The third-order valence-electron chi connectivity index (χ3n) is 5.26. The van der Waals surface area contributed by atoms with E-state index in [0.29, 0.717) is 22.6 Å². The van der Waals surface area contributed by atoms with Gasteiger partial charge in [0.1, 0.15) is 48.1 Å². The fraction of sp³-hybridized carbons (Fsp3) is 0.455. The standard InChI is InChI=1S/C22H28O9/c1-28-14-8-13(9-15(10-14)29-2)21(17(24)12-6-4-3-5-7-12)31-22-20(27)19(26)18(25)16(11-23)30-22/h3-10,16-27H,11H2,1-2H3/t16-,17-,18-,19+,20-,21+,22-/m0/s1. The van der Waals surface area contributed by atoms with Crippen molar-refractivity contribution in [1.82, 2.24) is 0 Å². The lowest BCUT2D eigenvalue weighted by molar-refractivity contribution is -0.319. The van der Waals surface area contributed by atoms with Crippen LogP contribution in [0, 0.1) is 0 Å². The number of rotatable bonds is 8. The van der Waals surface area contributed by atoms with Gasteiger partial charge in [-0.25, -0.2) is 0 Å². The molecule has 2 aromatic rings. The van der Waals surface area contributed by atoms with Gasteiger partial charge in [-0.2, -0.15) is 0 Å². The Morgan fingerprint density at radius 1 is 0.871 bits per heavy atom. The van der Waals surface area contributed by atoms with Crippen molar-refractivity contribution < 1.29 is 44.5 Å². The minimum Gasteiger partial charge on any atom is -0.497 e. The Balaban J connectivity index is 1.98. The van der Waals surface area contributed by atoms with E-state index in [2.05, 4.69) is 0 Å². The lowest BCUT2D eigenvalue weighted by Crippen LogP contribution is -2.59. The van der Waals surface area contributed by atoms with Crippen LogP contribution in [0.2, 0.25) is 0 Å².